The van der Waals surface area contributed by atoms with Gasteiger partial charge in [0.2, 0.25) is 5.91 Å². The number of amides is 2. The molecule has 0 bridgehead atoms. The van der Waals surface area contributed by atoms with Crippen LogP contribution >= 0.6 is 23.2 Å². The van der Waals surface area contributed by atoms with Crippen molar-refractivity contribution in [3.8, 4) is 11.8 Å². The standard InChI is InChI=1S/C26H21Cl2N3O6S.Ca/c1-3-24(32)31-38(35,36)20-5-6-22(15(2)8-20)30-25(33)14-37-23-7-4-18(27)12-21(23)26(34)17-9-16(13-29)10-19(28)11-17;/h4-12H,3,14H2,1-2H3,(H,30,33)(H,31,32);. The van der Waals surface area contributed by atoms with Gasteiger partial charge >= 0.3 is 0 Å². The summed E-state index contributed by atoms with van der Waals surface area (Å²) in [5, 5.41) is 12.2. The van der Waals surface area contributed by atoms with Crippen LogP contribution in [0.3, 0.4) is 0 Å². The molecule has 3 aromatic carbocycles. The van der Waals surface area contributed by atoms with E-state index in [1.54, 1.807) is 6.92 Å². The third-order valence-corrected chi connectivity index (χ3v) is 7.01. The summed E-state index contributed by atoms with van der Waals surface area (Å²) in [7, 11) is -4.04. The van der Waals surface area contributed by atoms with Crippen molar-refractivity contribution < 1.29 is 27.5 Å². The van der Waals surface area contributed by atoms with Gasteiger partial charge in [0.1, 0.15) is 5.75 Å². The molecule has 0 aliphatic heterocycles. The number of hydrogen-bond donors (Lipinski definition) is 2. The SMILES string of the molecule is CCC(=O)NS(=O)(=O)c1ccc(NC(=O)COc2ccc(Cl)cc2C(=O)c2cc(Cl)cc(C#N)c2)c(C)c1.[Ca]. The molecule has 0 unspecified atom stereocenters. The Balaban J connectivity index is 0.00000533. The van der Waals surface area contributed by atoms with Gasteiger partial charge in [-0.2, -0.15) is 5.26 Å². The Morgan fingerprint density at radius 2 is 1.69 bits per heavy atom. The molecule has 3 rings (SSSR count). The van der Waals surface area contributed by atoms with E-state index in [0.29, 0.717) is 11.3 Å². The van der Waals surface area contributed by atoms with Crippen LogP contribution in [0.5, 0.6) is 5.75 Å². The first-order valence-electron chi connectivity index (χ1n) is 11.1. The summed E-state index contributed by atoms with van der Waals surface area (Å²) in [5.74, 6) is -1.65. The van der Waals surface area contributed by atoms with Crippen molar-refractivity contribution in [1.29, 1.82) is 5.26 Å². The van der Waals surface area contributed by atoms with Gasteiger partial charge in [-0.1, -0.05) is 30.1 Å². The van der Waals surface area contributed by atoms with Crippen molar-refractivity contribution in [2.75, 3.05) is 11.9 Å². The van der Waals surface area contributed by atoms with Gasteiger partial charge < -0.3 is 10.1 Å². The van der Waals surface area contributed by atoms with E-state index in [2.05, 4.69) is 5.32 Å². The number of sulfonamides is 1. The molecule has 2 radical (unpaired) electrons. The second-order valence-corrected chi connectivity index (χ2v) is 10.6. The minimum Gasteiger partial charge on any atom is -0.483 e. The van der Waals surface area contributed by atoms with Gasteiger partial charge in [0.05, 0.1) is 22.1 Å². The fourth-order valence-electron chi connectivity index (χ4n) is 3.30. The van der Waals surface area contributed by atoms with Gasteiger partial charge in [-0.25, -0.2) is 13.1 Å². The first-order valence-corrected chi connectivity index (χ1v) is 13.3. The number of ether oxygens (including phenoxy) is 1. The van der Waals surface area contributed by atoms with Crippen molar-refractivity contribution >= 4 is 94.2 Å². The molecule has 13 heteroatoms. The van der Waals surface area contributed by atoms with Gasteiger partial charge in [0.25, 0.3) is 15.9 Å². The Bertz CT molecular complexity index is 1590. The minimum absolute atomic E-state index is 0. The average molecular weight is 615 g/mol. The number of aryl methyl sites for hydroxylation is 1. The zero-order valence-corrected chi connectivity index (χ0v) is 25.4. The largest absolute Gasteiger partial charge is 0.483 e. The zero-order chi connectivity index (χ0) is 28.0. The molecule has 2 N–H and O–H groups in total. The van der Waals surface area contributed by atoms with Crippen molar-refractivity contribution in [1.82, 2.24) is 4.72 Å². The number of anilines is 1. The Morgan fingerprint density at radius 3 is 2.33 bits per heavy atom. The van der Waals surface area contributed by atoms with Crippen LogP contribution < -0.4 is 14.8 Å². The van der Waals surface area contributed by atoms with E-state index in [4.69, 9.17) is 33.2 Å². The van der Waals surface area contributed by atoms with Crippen LogP contribution in [-0.4, -0.2) is 70.4 Å². The molecule has 0 saturated carbocycles. The molecule has 0 heterocycles. The van der Waals surface area contributed by atoms with Crippen molar-refractivity contribution in [3.63, 3.8) is 0 Å². The fourth-order valence-corrected chi connectivity index (χ4v) is 4.85. The third kappa shape index (κ3) is 8.67. The van der Waals surface area contributed by atoms with Crippen LogP contribution in [-0.2, 0) is 19.6 Å². The van der Waals surface area contributed by atoms with Gasteiger partial charge in [-0.05, 0) is 67.1 Å². The van der Waals surface area contributed by atoms with Gasteiger partial charge in [-0.15, -0.1) is 0 Å². The van der Waals surface area contributed by atoms with E-state index < -0.39 is 34.2 Å². The monoisotopic (exact) mass is 613 g/mol. The van der Waals surface area contributed by atoms with Gasteiger partial charge in [-0.3, -0.25) is 14.4 Å². The maximum absolute atomic E-state index is 13.1. The van der Waals surface area contributed by atoms with Gasteiger partial charge in [0.15, 0.2) is 12.4 Å². The Labute approximate surface area is 265 Å². The summed E-state index contributed by atoms with van der Waals surface area (Å²) in [5.41, 5.74) is 1.17. The minimum atomic E-state index is -4.04. The summed E-state index contributed by atoms with van der Waals surface area (Å²) in [6.07, 6.45) is 0.00723. The summed E-state index contributed by atoms with van der Waals surface area (Å²) in [6.45, 7) is 2.64. The average Bonchev–Trinajstić information content (AvgIpc) is 2.87. The quantitative estimate of drug-likeness (QED) is 0.271. The number of nitriles is 1. The maximum atomic E-state index is 13.1. The molecule has 198 valence electrons. The van der Waals surface area contributed by atoms with E-state index in [1.165, 1.54) is 61.5 Å². The van der Waals surface area contributed by atoms with Crippen LogP contribution in [0, 0.1) is 18.3 Å². The predicted molar refractivity (Wildman–Crippen MR) is 148 cm³/mol. The third-order valence-electron chi connectivity index (χ3n) is 5.19. The normalized spacial score (nSPS) is 10.5. The van der Waals surface area contributed by atoms with Crippen LogP contribution in [0.25, 0.3) is 0 Å². The summed E-state index contributed by atoms with van der Waals surface area (Å²) >= 11 is 12.1. The number of nitrogens with one attached hydrogen (secondary N) is 2. The van der Waals surface area contributed by atoms with E-state index in [0.717, 1.165) is 0 Å². The molecule has 0 saturated heterocycles. The second kappa shape index (κ2) is 14.1. The number of nitrogens with zero attached hydrogens (tertiary/aromatic N) is 1. The van der Waals surface area contributed by atoms with Gasteiger partial charge in [0, 0.05) is 65.5 Å². The molecule has 39 heavy (non-hydrogen) atoms. The molecule has 0 aromatic heterocycles. The first kappa shape index (κ1) is 32.6. The molecule has 0 aliphatic rings. The van der Waals surface area contributed by atoms with Crippen LogP contribution in [0.15, 0.2) is 59.5 Å². The number of carbonyl (C=O) groups excluding carboxylic acids is 3. The molecule has 0 fully saturated rings. The van der Waals surface area contributed by atoms with Crippen molar-refractivity contribution in [2.45, 2.75) is 25.2 Å². The molecular formula is C26H21CaCl2N3O6S. The molecule has 3 aromatic rings. The molecule has 2 amide bonds. The molecule has 0 aliphatic carbocycles. The summed E-state index contributed by atoms with van der Waals surface area (Å²) in [6, 6.07) is 14.4. The van der Waals surface area contributed by atoms with E-state index >= 15 is 0 Å². The Hall–Kier alpha value is -2.65. The zero-order valence-electron chi connectivity index (χ0n) is 20.9. The number of halogens is 2. The number of ketones is 1. The number of hydrogen-bond acceptors (Lipinski definition) is 7. The molecule has 0 spiro atoms. The number of rotatable bonds is 9. The van der Waals surface area contributed by atoms with Crippen LogP contribution in [0.1, 0.15) is 40.4 Å². The van der Waals surface area contributed by atoms with Crippen LogP contribution in [0.4, 0.5) is 5.69 Å². The first-order chi connectivity index (χ1) is 17.9. The Kier molecular flexibility index (Phi) is 11.8. The van der Waals surface area contributed by atoms with Crippen molar-refractivity contribution in [2.24, 2.45) is 0 Å². The van der Waals surface area contributed by atoms with Crippen LogP contribution in [0.2, 0.25) is 10.0 Å². The molecule has 0 atom stereocenters. The topological polar surface area (TPSA) is 142 Å². The molecular weight excluding hydrogens is 593 g/mol. The fraction of sp³-hybridized carbons (Fsp3) is 0.154. The van der Waals surface area contributed by atoms with E-state index in [-0.39, 0.29) is 81.5 Å². The molecule has 9 nitrogen and oxygen atoms in total. The number of benzene rings is 3. The number of carbonyl (C=O) groups is 3. The summed E-state index contributed by atoms with van der Waals surface area (Å²) < 4.78 is 32.2. The second-order valence-electron chi connectivity index (χ2n) is 8.01. The maximum Gasteiger partial charge on any atom is 0.264 e. The smallest absolute Gasteiger partial charge is 0.264 e. The summed E-state index contributed by atoms with van der Waals surface area (Å²) in [4.78, 5) is 37.1. The predicted octanol–water partition coefficient (Wildman–Crippen LogP) is 4.26. The van der Waals surface area contributed by atoms with E-state index in [9.17, 15) is 22.8 Å². The van der Waals surface area contributed by atoms with E-state index in [1.807, 2.05) is 10.8 Å². The Morgan fingerprint density at radius 1 is 0.974 bits per heavy atom. The van der Waals surface area contributed by atoms with Crippen molar-refractivity contribution in [3.05, 3.63) is 86.9 Å².